The lowest BCUT2D eigenvalue weighted by atomic mass is 9.99. The van der Waals surface area contributed by atoms with Crippen LogP contribution in [0.5, 0.6) is 0 Å². The Morgan fingerprint density at radius 2 is 1.77 bits per heavy atom. The summed E-state index contributed by atoms with van der Waals surface area (Å²) in [6, 6.07) is 8.88. The van der Waals surface area contributed by atoms with Crippen molar-refractivity contribution in [3.8, 4) is 0 Å². The number of hydrogen-bond acceptors (Lipinski definition) is 5. The van der Waals surface area contributed by atoms with Gasteiger partial charge < -0.3 is 4.90 Å². The Bertz CT molecular complexity index is 1180. The molecule has 31 heavy (non-hydrogen) atoms. The standard InChI is InChI=1S/C23H24F2N2O2S2/c1-15-4-3-5-16(2)20(15)13-18-14-30-23(26-18)27-10-8-19(9-11-27)31(28,29)22-7-6-17(24)12-21(22)25/h3-7,12,14,19H,8-11,13H2,1-2H3. The molecule has 1 aliphatic rings. The molecule has 1 fully saturated rings. The zero-order valence-corrected chi connectivity index (χ0v) is 19.1. The zero-order chi connectivity index (χ0) is 22.2. The van der Waals surface area contributed by atoms with E-state index in [0.717, 1.165) is 29.4 Å². The van der Waals surface area contributed by atoms with Gasteiger partial charge in [-0.2, -0.15) is 0 Å². The lowest BCUT2D eigenvalue weighted by Crippen LogP contribution is -2.39. The van der Waals surface area contributed by atoms with Crippen molar-refractivity contribution >= 4 is 26.3 Å². The highest BCUT2D eigenvalue weighted by atomic mass is 32.2. The minimum Gasteiger partial charge on any atom is -0.348 e. The SMILES string of the molecule is Cc1cccc(C)c1Cc1csc(N2CCC(S(=O)(=O)c3ccc(F)cc3F)CC2)n1. The molecular weight excluding hydrogens is 438 g/mol. The summed E-state index contributed by atoms with van der Waals surface area (Å²) in [7, 11) is -3.85. The van der Waals surface area contributed by atoms with Crippen molar-refractivity contribution in [2.45, 2.75) is 43.3 Å². The summed E-state index contributed by atoms with van der Waals surface area (Å²) in [5, 5.41) is 2.25. The molecule has 1 saturated heterocycles. The van der Waals surface area contributed by atoms with Gasteiger partial charge in [0.1, 0.15) is 16.5 Å². The Hall–Kier alpha value is -2.32. The van der Waals surface area contributed by atoms with Gasteiger partial charge >= 0.3 is 0 Å². The van der Waals surface area contributed by atoms with Gasteiger partial charge in [-0.05, 0) is 55.5 Å². The van der Waals surface area contributed by atoms with Gasteiger partial charge in [-0.1, -0.05) is 18.2 Å². The number of thiazole rings is 1. The summed E-state index contributed by atoms with van der Waals surface area (Å²) in [5.74, 6) is -1.81. The molecule has 0 atom stereocenters. The average molecular weight is 463 g/mol. The molecule has 1 aromatic heterocycles. The first-order valence-corrected chi connectivity index (χ1v) is 12.6. The van der Waals surface area contributed by atoms with Crippen LogP contribution in [0.25, 0.3) is 0 Å². The molecule has 164 valence electrons. The molecule has 0 bridgehead atoms. The van der Waals surface area contributed by atoms with Crippen LogP contribution in [0, 0.1) is 25.5 Å². The molecule has 8 heteroatoms. The molecule has 2 aromatic carbocycles. The number of aryl methyl sites for hydroxylation is 2. The van der Waals surface area contributed by atoms with Crippen LogP contribution in [-0.4, -0.2) is 31.7 Å². The fourth-order valence-electron chi connectivity index (χ4n) is 4.07. The first-order chi connectivity index (χ1) is 14.8. The molecule has 0 N–H and O–H groups in total. The molecule has 0 aliphatic carbocycles. The molecule has 3 aromatic rings. The van der Waals surface area contributed by atoms with Gasteiger partial charge in [-0.15, -0.1) is 11.3 Å². The van der Waals surface area contributed by atoms with Crippen LogP contribution in [0.15, 0.2) is 46.7 Å². The Balaban J connectivity index is 1.44. The summed E-state index contributed by atoms with van der Waals surface area (Å²) in [6.45, 7) is 5.27. The van der Waals surface area contributed by atoms with Gasteiger partial charge in [-0.25, -0.2) is 22.2 Å². The quantitative estimate of drug-likeness (QED) is 0.497. The smallest absolute Gasteiger partial charge is 0.185 e. The van der Waals surface area contributed by atoms with E-state index < -0.39 is 31.6 Å². The molecule has 4 rings (SSSR count). The Kier molecular flexibility index (Phi) is 6.12. The first-order valence-electron chi connectivity index (χ1n) is 10.2. The first kappa shape index (κ1) is 21.9. The number of piperidine rings is 1. The topological polar surface area (TPSA) is 50.3 Å². The van der Waals surface area contributed by atoms with E-state index in [0.29, 0.717) is 32.0 Å². The number of sulfone groups is 1. The lowest BCUT2D eigenvalue weighted by Gasteiger charge is -2.31. The maximum absolute atomic E-state index is 14.0. The van der Waals surface area contributed by atoms with E-state index in [9.17, 15) is 17.2 Å². The van der Waals surface area contributed by atoms with Crippen molar-refractivity contribution < 1.29 is 17.2 Å². The van der Waals surface area contributed by atoms with Crippen LogP contribution in [0.2, 0.25) is 0 Å². The van der Waals surface area contributed by atoms with E-state index in [4.69, 9.17) is 4.98 Å². The number of hydrogen-bond donors (Lipinski definition) is 0. The lowest BCUT2D eigenvalue weighted by molar-refractivity contribution is 0.516. The van der Waals surface area contributed by atoms with Crippen LogP contribution in [0.4, 0.5) is 13.9 Å². The van der Waals surface area contributed by atoms with E-state index >= 15 is 0 Å². The van der Waals surface area contributed by atoms with E-state index in [1.54, 1.807) is 11.3 Å². The third-order valence-electron chi connectivity index (χ3n) is 5.89. The van der Waals surface area contributed by atoms with Crippen LogP contribution >= 0.6 is 11.3 Å². The van der Waals surface area contributed by atoms with Crippen LogP contribution in [0.1, 0.15) is 35.2 Å². The minimum atomic E-state index is -3.85. The molecule has 0 spiro atoms. The normalized spacial score (nSPS) is 15.4. The summed E-state index contributed by atoms with van der Waals surface area (Å²) in [4.78, 5) is 6.44. The largest absolute Gasteiger partial charge is 0.348 e. The van der Waals surface area contributed by atoms with Crippen molar-refractivity contribution in [3.63, 3.8) is 0 Å². The van der Waals surface area contributed by atoms with Crippen molar-refractivity contribution in [2.75, 3.05) is 18.0 Å². The maximum atomic E-state index is 14.0. The molecule has 1 aliphatic heterocycles. The fraction of sp³-hybridized carbons (Fsp3) is 0.348. The van der Waals surface area contributed by atoms with Gasteiger partial charge in [-0.3, -0.25) is 0 Å². The molecule has 4 nitrogen and oxygen atoms in total. The highest BCUT2D eigenvalue weighted by Crippen LogP contribution is 2.31. The zero-order valence-electron chi connectivity index (χ0n) is 17.4. The predicted octanol–water partition coefficient (Wildman–Crippen LogP) is 5.07. The highest BCUT2D eigenvalue weighted by molar-refractivity contribution is 7.92. The Morgan fingerprint density at radius 3 is 2.42 bits per heavy atom. The average Bonchev–Trinajstić information content (AvgIpc) is 3.19. The number of rotatable bonds is 5. The molecule has 2 heterocycles. The number of anilines is 1. The van der Waals surface area contributed by atoms with Gasteiger partial charge in [0, 0.05) is 31.0 Å². The highest BCUT2D eigenvalue weighted by Gasteiger charge is 2.34. The molecule has 0 amide bonds. The number of aromatic nitrogens is 1. The number of benzene rings is 2. The minimum absolute atomic E-state index is 0.380. The molecule has 0 radical (unpaired) electrons. The molecule has 0 saturated carbocycles. The van der Waals surface area contributed by atoms with Crippen LogP contribution in [0.3, 0.4) is 0 Å². The third kappa shape index (κ3) is 4.50. The summed E-state index contributed by atoms with van der Waals surface area (Å²) < 4.78 is 52.9. The maximum Gasteiger partial charge on any atom is 0.185 e. The van der Waals surface area contributed by atoms with Crippen molar-refractivity contribution in [1.29, 1.82) is 0 Å². The van der Waals surface area contributed by atoms with Crippen molar-refractivity contribution in [1.82, 2.24) is 4.98 Å². The molecular formula is C23H24F2N2O2S2. The van der Waals surface area contributed by atoms with E-state index in [-0.39, 0.29) is 0 Å². The van der Waals surface area contributed by atoms with E-state index in [1.807, 2.05) is 0 Å². The van der Waals surface area contributed by atoms with Crippen LogP contribution < -0.4 is 4.90 Å². The second-order valence-corrected chi connectivity index (χ2v) is 11.0. The third-order valence-corrected chi connectivity index (χ3v) is 9.14. The summed E-state index contributed by atoms with van der Waals surface area (Å²) in [5.41, 5.74) is 4.77. The Labute approximate surface area is 185 Å². The number of halogens is 2. The van der Waals surface area contributed by atoms with Gasteiger partial charge in [0.15, 0.2) is 15.0 Å². The van der Waals surface area contributed by atoms with Gasteiger partial charge in [0.05, 0.1) is 10.9 Å². The predicted molar refractivity (Wildman–Crippen MR) is 120 cm³/mol. The summed E-state index contributed by atoms with van der Waals surface area (Å²) in [6.07, 6.45) is 1.53. The van der Waals surface area contributed by atoms with Crippen LogP contribution in [-0.2, 0) is 16.3 Å². The summed E-state index contributed by atoms with van der Waals surface area (Å²) >= 11 is 1.56. The fourth-order valence-corrected chi connectivity index (χ4v) is 6.73. The van der Waals surface area contributed by atoms with E-state index in [1.165, 1.54) is 16.7 Å². The van der Waals surface area contributed by atoms with Crippen molar-refractivity contribution in [3.05, 3.63) is 75.8 Å². The Morgan fingerprint density at radius 1 is 1.10 bits per heavy atom. The van der Waals surface area contributed by atoms with Crippen molar-refractivity contribution in [2.24, 2.45) is 0 Å². The second-order valence-electron chi connectivity index (χ2n) is 7.97. The monoisotopic (exact) mass is 462 g/mol. The molecule has 0 unspecified atom stereocenters. The van der Waals surface area contributed by atoms with Gasteiger partial charge in [0.2, 0.25) is 0 Å². The second kappa shape index (κ2) is 8.67. The number of nitrogens with zero attached hydrogens (tertiary/aromatic N) is 2. The van der Waals surface area contributed by atoms with E-state index in [2.05, 4.69) is 42.3 Å². The van der Waals surface area contributed by atoms with Gasteiger partial charge in [0.25, 0.3) is 0 Å².